The van der Waals surface area contributed by atoms with Crippen LogP contribution in [0.25, 0.3) is 0 Å². The smallest absolute Gasteiger partial charge is 0.200 e. The molecule has 2 unspecified atom stereocenters. The van der Waals surface area contributed by atoms with Gasteiger partial charge in [0, 0.05) is 0 Å². The molecular formula is C24H34F2O2. The molecule has 2 nitrogen and oxygen atoms in total. The van der Waals surface area contributed by atoms with Crippen molar-refractivity contribution in [2.45, 2.75) is 76.7 Å². The maximum absolute atomic E-state index is 14.6. The maximum atomic E-state index is 14.6. The highest BCUT2D eigenvalue weighted by atomic mass is 19.2. The average Bonchev–Trinajstić information content (AvgIpc) is 2.74. The molecular weight excluding hydrogens is 358 g/mol. The van der Waals surface area contributed by atoms with Gasteiger partial charge in [0.25, 0.3) is 0 Å². The second-order valence-corrected chi connectivity index (χ2v) is 8.40. The zero-order valence-corrected chi connectivity index (χ0v) is 17.1. The van der Waals surface area contributed by atoms with E-state index in [1.165, 1.54) is 6.42 Å². The average molecular weight is 393 g/mol. The Labute approximate surface area is 168 Å². The first-order valence-corrected chi connectivity index (χ1v) is 11.0. The van der Waals surface area contributed by atoms with Crippen LogP contribution in [0.1, 0.15) is 76.2 Å². The van der Waals surface area contributed by atoms with Crippen molar-refractivity contribution >= 4 is 0 Å². The van der Waals surface area contributed by atoms with Gasteiger partial charge in [-0.2, -0.15) is 4.39 Å². The van der Waals surface area contributed by atoms with E-state index in [4.69, 9.17) is 9.47 Å². The van der Waals surface area contributed by atoms with Gasteiger partial charge in [0.15, 0.2) is 11.6 Å². The summed E-state index contributed by atoms with van der Waals surface area (Å²) < 4.78 is 40.3. The Hall–Kier alpha value is -1.42. The lowest BCUT2D eigenvalue weighted by atomic mass is 9.72. The number of benzene rings is 1. The fraction of sp³-hybridized carbons (Fsp3) is 0.667. The fourth-order valence-electron chi connectivity index (χ4n) is 4.82. The predicted octanol–water partition coefficient (Wildman–Crippen LogP) is 6.79. The van der Waals surface area contributed by atoms with Crippen LogP contribution in [0.4, 0.5) is 8.78 Å². The fourth-order valence-corrected chi connectivity index (χ4v) is 4.82. The highest BCUT2D eigenvalue weighted by Gasteiger charge is 2.33. The standard InChI is InChI=1S/C24H34F2O2/c1-3-5-6-20-12-11-19(16-28-20)17-7-9-18(10-8-17)21-13-14-22(27-15-4-2)24(26)23(21)25/h3,13-14,17-20H,1,4-12,15-16H2,2H3. The normalized spacial score (nSPS) is 28.1. The lowest BCUT2D eigenvalue weighted by Crippen LogP contribution is -2.32. The molecule has 1 heterocycles. The first kappa shape index (κ1) is 21.3. The Balaban J connectivity index is 1.52. The van der Waals surface area contributed by atoms with E-state index >= 15 is 0 Å². The van der Waals surface area contributed by atoms with Crippen LogP contribution < -0.4 is 4.74 Å². The summed E-state index contributed by atoms with van der Waals surface area (Å²) in [5.41, 5.74) is 0.518. The van der Waals surface area contributed by atoms with E-state index in [0.717, 1.165) is 58.0 Å². The van der Waals surface area contributed by atoms with Gasteiger partial charge in [0.05, 0.1) is 19.3 Å². The summed E-state index contributed by atoms with van der Waals surface area (Å²) in [7, 11) is 0. The van der Waals surface area contributed by atoms with Crippen molar-refractivity contribution in [1.29, 1.82) is 0 Å². The van der Waals surface area contributed by atoms with Crippen LogP contribution in [0.3, 0.4) is 0 Å². The Kier molecular flexibility index (Phi) is 7.90. The summed E-state index contributed by atoms with van der Waals surface area (Å²) in [6.07, 6.45) is 11.6. The molecule has 0 aromatic heterocycles. The van der Waals surface area contributed by atoms with Crippen molar-refractivity contribution in [3.05, 3.63) is 42.0 Å². The molecule has 0 radical (unpaired) electrons. The number of allylic oxidation sites excluding steroid dienone is 1. The minimum absolute atomic E-state index is 0.0298. The molecule has 1 aromatic rings. The molecule has 2 fully saturated rings. The highest BCUT2D eigenvalue weighted by Crippen LogP contribution is 2.43. The lowest BCUT2D eigenvalue weighted by Gasteiger charge is -2.38. The SMILES string of the molecule is C=CCCC1CCC(C2CCC(c3ccc(OCCC)c(F)c3F)CC2)CO1. The molecule has 156 valence electrons. The molecule has 2 atom stereocenters. The van der Waals surface area contributed by atoms with Crippen molar-refractivity contribution < 1.29 is 18.3 Å². The molecule has 1 aromatic carbocycles. The molecule has 2 aliphatic rings. The number of ether oxygens (including phenoxy) is 2. The van der Waals surface area contributed by atoms with E-state index in [2.05, 4.69) is 6.58 Å². The summed E-state index contributed by atoms with van der Waals surface area (Å²) in [5, 5.41) is 0. The molecule has 0 amide bonds. The topological polar surface area (TPSA) is 18.5 Å². The zero-order chi connectivity index (χ0) is 19.9. The summed E-state index contributed by atoms with van der Waals surface area (Å²) in [6, 6.07) is 3.32. The van der Waals surface area contributed by atoms with Gasteiger partial charge in [-0.25, -0.2) is 4.39 Å². The molecule has 3 rings (SSSR count). The van der Waals surface area contributed by atoms with Crippen LogP contribution in [-0.2, 0) is 4.74 Å². The van der Waals surface area contributed by atoms with Crippen molar-refractivity contribution in [2.24, 2.45) is 11.8 Å². The van der Waals surface area contributed by atoms with Crippen LogP contribution in [0.2, 0.25) is 0 Å². The molecule has 28 heavy (non-hydrogen) atoms. The molecule has 0 bridgehead atoms. The Bertz CT molecular complexity index is 630. The van der Waals surface area contributed by atoms with Gasteiger partial charge in [-0.15, -0.1) is 6.58 Å². The summed E-state index contributed by atoms with van der Waals surface area (Å²) in [5.74, 6) is -0.149. The number of hydrogen-bond acceptors (Lipinski definition) is 2. The van der Waals surface area contributed by atoms with Crippen LogP contribution >= 0.6 is 0 Å². The molecule has 1 aliphatic carbocycles. The first-order valence-electron chi connectivity index (χ1n) is 11.0. The molecule has 0 N–H and O–H groups in total. The molecule has 1 aliphatic heterocycles. The van der Waals surface area contributed by atoms with Crippen LogP contribution in [0.15, 0.2) is 24.8 Å². The van der Waals surface area contributed by atoms with Gasteiger partial charge in [-0.05, 0) is 87.2 Å². The van der Waals surface area contributed by atoms with Gasteiger partial charge in [0.1, 0.15) is 0 Å². The zero-order valence-electron chi connectivity index (χ0n) is 17.1. The van der Waals surface area contributed by atoms with Crippen molar-refractivity contribution in [2.75, 3.05) is 13.2 Å². The Morgan fingerprint density at radius 1 is 1.07 bits per heavy atom. The Morgan fingerprint density at radius 3 is 2.46 bits per heavy atom. The van der Waals surface area contributed by atoms with Crippen molar-refractivity contribution in [3.8, 4) is 5.75 Å². The van der Waals surface area contributed by atoms with E-state index in [9.17, 15) is 8.78 Å². The van der Waals surface area contributed by atoms with E-state index in [1.807, 2.05) is 13.0 Å². The molecule has 1 saturated carbocycles. The van der Waals surface area contributed by atoms with Crippen molar-refractivity contribution in [1.82, 2.24) is 0 Å². The van der Waals surface area contributed by atoms with Gasteiger partial charge >= 0.3 is 0 Å². The third-order valence-electron chi connectivity index (χ3n) is 6.51. The number of halogens is 2. The molecule has 0 spiro atoms. The second-order valence-electron chi connectivity index (χ2n) is 8.40. The minimum atomic E-state index is -0.834. The van der Waals surface area contributed by atoms with Gasteiger partial charge in [-0.3, -0.25) is 0 Å². The summed E-state index contributed by atoms with van der Waals surface area (Å²) in [4.78, 5) is 0. The largest absolute Gasteiger partial charge is 0.490 e. The highest BCUT2D eigenvalue weighted by molar-refractivity contribution is 5.33. The third-order valence-corrected chi connectivity index (χ3v) is 6.51. The lowest BCUT2D eigenvalue weighted by molar-refractivity contribution is -0.0402. The van der Waals surface area contributed by atoms with Gasteiger partial charge in [0.2, 0.25) is 5.82 Å². The Morgan fingerprint density at radius 2 is 1.82 bits per heavy atom. The first-order chi connectivity index (χ1) is 13.6. The van der Waals surface area contributed by atoms with Gasteiger partial charge in [-0.1, -0.05) is 19.1 Å². The number of rotatable bonds is 8. The summed E-state index contributed by atoms with van der Waals surface area (Å²) in [6.45, 7) is 6.98. The van der Waals surface area contributed by atoms with Gasteiger partial charge < -0.3 is 9.47 Å². The molecule has 4 heteroatoms. The van der Waals surface area contributed by atoms with E-state index in [-0.39, 0.29) is 11.7 Å². The summed E-state index contributed by atoms with van der Waals surface area (Å²) >= 11 is 0. The monoisotopic (exact) mass is 392 g/mol. The van der Waals surface area contributed by atoms with E-state index in [0.29, 0.717) is 30.1 Å². The quantitative estimate of drug-likeness (QED) is 0.454. The second kappa shape index (κ2) is 10.4. The predicted molar refractivity (Wildman–Crippen MR) is 109 cm³/mol. The molecule has 1 saturated heterocycles. The van der Waals surface area contributed by atoms with Crippen LogP contribution in [-0.4, -0.2) is 19.3 Å². The minimum Gasteiger partial charge on any atom is -0.490 e. The van der Waals surface area contributed by atoms with Crippen molar-refractivity contribution in [3.63, 3.8) is 0 Å². The van der Waals surface area contributed by atoms with E-state index in [1.54, 1.807) is 12.1 Å². The third kappa shape index (κ3) is 5.14. The maximum Gasteiger partial charge on any atom is 0.200 e. The van der Waals surface area contributed by atoms with Crippen LogP contribution in [0.5, 0.6) is 5.75 Å². The van der Waals surface area contributed by atoms with Crippen LogP contribution in [0, 0.1) is 23.5 Å². The van der Waals surface area contributed by atoms with E-state index < -0.39 is 11.6 Å². The number of hydrogen-bond donors (Lipinski definition) is 0.